The second kappa shape index (κ2) is 5.52. The summed E-state index contributed by atoms with van der Waals surface area (Å²) in [5, 5.41) is 5.77. The van der Waals surface area contributed by atoms with Gasteiger partial charge in [-0.25, -0.2) is 8.78 Å². The Morgan fingerprint density at radius 1 is 1.14 bits per heavy atom. The molecule has 1 amide bonds. The minimum absolute atomic E-state index is 0.250. The van der Waals surface area contributed by atoms with Crippen LogP contribution in [0.3, 0.4) is 0 Å². The van der Waals surface area contributed by atoms with Crippen molar-refractivity contribution >= 4 is 17.3 Å². The van der Waals surface area contributed by atoms with E-state index in [1.165, 1.54) is 11.6 Å². The molecule has 1 aliphatic rings. The van der Waals surface area contributed by atoms with Gasteiger partial charge in [0.15, 0.2) is 11.6 Å². The Balaban J connectivity index is 1.70. The molecule has 2 N–H and O–H groups in total. The van der Waals surface area contributed by atoms with E-state index >= 15 is 0 Å². The van der Waals surface area contributed by atoms with Crippen molar-refractivity contribution in [3.05, 3.63) is 59.7 Å². The predicted molar refractivity (Wildman–Crippen MR) is 77.2 cm³/mol. The van der Waals surface area contributed by atoms with Crippen molar-refractivity contribution in [2.24, 2.45) is 0 Å². The highest BCUT2D eigenvalue weighted by Gasteiger charge is 2.23. The zero-order valence-electron chi connectivity index (χ0n) is 11.2. The molecule has 3 rings (SSSR count). The van der Waals surface area contributed by atoms with Crippen LogP contribution in [0, 0.1) is 11.6 Å². The van der Waals surface area contributed by atoms with Crippen LogP contribution in [0.1, 0.15) is 12.0 Å². The highest BCUT2D eigenvalue weighted by Crippen LogP contribution is 2.25. The number of anilines is 2. The van der Waals surface area contributed by atoms with E-state index in [2.05, 4.69) is 10.6 Å². The molecule has 0 radical (unpaired) electrons. The van der Waals surface area contributed by atoms with Crippen molar-refractivity contribution in [3.63, 3.8) is 0 Å². The Bertz CT molecular complexity index is 688. The molecule has 1 atom stereocenters. The number of amides is 1. The van der Waals surface area contributed by atoms with Crippen molar-refractivity contribution < 1.29 is 13.6 Å². The van der Waals surface area contributed by atoms with Crippen molar-refractivity contribution in [3.8, 4) is 0 Å². The van der Waals surface area contributed by atoms with Crippen LogP contribution in [-0.2, 0) is 11.2 Å². The van der Waals surface area contributed by atoms with Crippen molar-refractivity contribution in [2.45, 2.75) is 18.9 Å². The first-order chi connectivity index (χ1) is 10.1. The number of nitrogens with one attached hydrogen (secondary N) is 2. The van der Waals surface area contributed by atoms with Crippen LogP contribution in [0.25, 0.3) is 0 Å². The summed E-state index contributed by atoms with van der Waals surface area (Å²) in [6.45, 7) is 0. The maximum atomic E-state index is 13.1. The van der Waals surface area contributed by atoms with E-state index in [0.29, 0.717) is 6.42 Å². The third-order valence-corrected chi connectivity index (χ3v) is 3.55. The maximum Gasteiger partial charge on any atom is 0.246 e. The fraction of sp³-hybridized carbons (Fsp3) is 0.188. The van der Waals surface area contributed by atoms with Gasteiger partial charge in [0.05, 0.1) is 0 Å². The van der Waals surface area contributed by atoms with Gasteiger partial charge in [-0.05, 0) is 36.6 Å². The molecule has 0 aromatic heterocycles. The lowest BCUT2D eigenvalue weighted by Gasteiger charge is -2.26. The molecular formula is C16H14F2N2O. The number of carbonyl (C=O) groups excluding carboxylic acids is 1. The van der Waals surface area contributed by atoms with Crippen LogP contribution in [0.2, 0.25) is 0 Å². The molecule has 0 bridgehead atoms. The Labute approximate surface area is 121 Å². The number of rotatable bonds is 2. The number of fused-ring (bicyclic) bond motifs is 1. The van der Waals surface area contributed by atoms with E-state index in [9.17, 15) is 13.6 Å². The maximum absolute atomic E-state index is 13.1. The van der Waals surface area contributed by atoms with Crippen LogP contribution in [0.4, 0.5) is 20.2 Å². The predicted octanol–water partition coefficient (Wildman–Crippen LogP) is 3.33. The molecule has 1 unspecified atom stereocenters. The van der Waals surface area contributed by atoms with Crippen LogP contribution in [0.5, 0.6) is 0 Å². The largest absolute Gasteiger partial charge is 0.373 e. The molecular weight excluding hydrogens is 274 g/mol. The van der Waals surface area contributed by atoms with Crippen LogP contribution >= 0.6 is 0 Å². The van der Waals surface area contributed by atoms with Gasteiger partial charge in [-0.3, -0.25) is 4.79 Å². The summed E-state index contributed by atoms with van der Waals surface area (Å²) >= 11 is 0. The summed E-state index contributed by atoms with van der Waals surface area (Å²) in [4.78, 5) is 12.2. The minimum Gasteiger partial charge on any atom is -0.373 e. The number of hydrogen-bond acceptors (Lipinski definition) is 2. The molecule has 2 aromatic rings. The molecule has 0 spiro atoms. The number of para-hydroxylation sites is 1. The van der Waals surface area contributed by atoms with Gasteiger partial charge in [-0.2, -0.15) is 0 Å². The second-order valence-electron chi connectivity index (χ2n) is 5.01. The molecule has 0 fully saturated rings. The lowest BCUT2D eigenvalue weighted by Crippen LogP contribution is -2.37. The van der Waals surface area contributed by atoms with Gasteiger partial charge in [-0.1, -0.05) is 18.2 Å². The molecule has 108 valence electrons. The van der Waals surface area contributed by atoms with Crippen molar-refractivity contribution in [1.82, 2.24) is 0 Å². The molecule has 0 saturated heterocycles. The van der Waals surface area contributed by atoms with E-state index in [1.54, 1.807) is 0 Å². The van der Waals surface area contributed by atoms with Gasteiger partial charge in [0.2, 0.25) is 5.91 Å². The molecule has 3 nitrogen and oxygen atoms in total. The SMILES string of the molecule is O=C(Nc1ccc(F)c(F)c1)C1CCc2ccccc2N1. The van der Waals surface area contributed by atoms with Gasteiger partial charge >= 0.3 is 0 Å². The summed E-state index contributed by atoms with van der Waals surface area (Å²) in [5.41, 5.74) is 2.36. The van der Waals surface area contributed by atoms with E-state index in [0.717, 1.165) is 24.2 Å². The first-order valence-corrected chi connectivity index (χ1v) is 6.74. The topological polar surface area (TPSA) is 41.1 Å². The number of hydrogen-bond donors (Lipinski definition) is 2. The zero-order chi connectivity index (χ0) is 14.8. The van der Waals surface area contributed by atoms with Crippen molar-refractivity contribution in [1.29, 1.82) is 0 Å². The van der Waals surface area contributed by atoms with Gasteiger partial charge in [0.25, 0.3) is 0 Å². The van der Waals surface area contributed by atoms with E-state index in [4.69, 9.17) is 0 Å². The first kappa shape index (κ1) is 13.5. The van der Waals surface area contributed by atoms with Gasteiger partial charge < -0.3 is 10.6 Å². The number of halogens is 2. The Hall–Kier alpha value is -2.43. The Morgan fingerprint density at radius 3 is 2.76 bits per heavy atom. The lowest BCUT2D eigenvalue weighted by molar-refractivity contribution is -0.117. The van der Waals surface area contributed by atoms with Crippen LogP contribution < -0.4 is 10.6 Å². The second-order valence-corrected chi connectivity index (χ2v) is 5.01. The van der Waals surface area contributed by atoms with Crippen LogP contribution in [0.15, 0.2) is 42.5 Å². The third kappa shape index (κ3) is 2.86. The van der Waals surface area contributed by atoms with Crippen molar-refractivity contribution in [2.75, 3.05) is 10.6 Å². The third-order valence-electron chi connectivity index (χ3n) is 3.55. The number of aryl methyl sites for hydroxylation is 1. The molecule has 0 saturated carbocycles. The smallest absolute Gasteiger partial charge is 0.246 e. The number of benzene rings is 2. The fourth-order valence-electron chi connectivity index (χ4n) is 2.44. The number of carbonyl (C=O) groups is 1. The highest BCUT2D eigenvalue weighted by atomic mass is 19.2. The normalized spacial score (nSPS) is 16.8. The molecule has 2 aromatic carbocycles. The summed E-state index contributed by atoms with van der Waals surface area (Å²) in [5.74, 6) is -2.16. The quantitative estimate of drug-likeness (QED) is 0.890. The summed E-state index contributed by atoms with van der Waals surface area (Å²) in [7, 11) is 0. The van der Waals surface area contributed by atoms with Crippen LogP contribution in [-0.4, -0.2) is 11.9 Å². The Morgan fingerprint density at radius 2 is 1.95 bits per heavy atom. The van der Waals surface area contributed by atoms with E-state index < -0.39 is 11.6 Å². The average Bonchev–Trinajstić information content (AvgIpc) is 2.50. The monoisotopic (exact) mass is 288 g/mol. The standard InChI is InChI=1S/C16H14F2N2O/c17-12-7-6-11(9-13(12)18)19-16(21)15-8-5-10-3-1-2-4-14(10)20-15/h1-4,6-7,9,15,20H,5,8H2,(H,19,21). The van der Waals surface area contributed by atoms with E-state index in [-0.39, 0.29) is 17.6 Å². The first-order valence-electron chi connectivity index (χ1n) is 6.74. The summed E-state index contributed by atoms with van der Waals surface area (Å²) in [6.07, 6.45) is 1.46. The van der Waals surface area contributed by atoms with Gasteiger partial charge in [0, 0.05) is 17.4 Å². The molecule has 1 heterocycles. The van der Waals surface area contributed by atoms with Gasteiger partial charge in [0.1, 0.15) is 6.04 Å². The van der Waals surface area contributed by atoms with Gasteiger partial charge in [-0.15, -0.1) is 0 Å². The molecule has 5 heteroatoms. The minimum atomic E-state index is -0.977. The Kier molecular flexibility index (Phi) is 3.56. The highest BCUT2D eigenvalue weighted by molar-refractivity contribution is 5.97. The average molecular weight is 288 g/mol. The molecule has 1 aliphatic heterocycles. The fourth-order valence-corrected chi connectivity index (χ4v) is 2.44. The molecule has 0 aliphatic carbocycles. The summed E-state index contributed by atoms with van der Waals surface area (Å²) < 4.78 is 26.0. The van der Waals surface area contributed by atoms with E-state index in [1.807, 2.05) is 24.3 Å². The zero-order valence-corrected chi connectivity index (χ0v) is 11.2. The lowest BCUT2D eigenvalue weighted by atomic mass is 9.97. The molecule has 21 heavy (non-hydrogen) atoms. The summed E-state index contributed by atoms with van der Waals surface area (Å²) in [6, 6.07) is 10.7.